The number of piperazine rings is 1. The number of hydrogen-bond donors (Lipinski definition) is 0. The molecule has 2 heterocycles. The van der Waals surface area contributed by atoms with E-state index in [0.717, 1.165) is 12.1 Å². The number of nitrogens with zero attached hydrogens (tertiary/aromatic N) is 5. The summed E-state index contributed by atoms with van der Waals surface area (Å²) in [6, 6.07) is 1.40. The minimum Gasteiger partial charge on any atom is -0.338 e. The molecule has 1 amide bonds. The van der Waals surface area contributed by atoms with Crippen molar-refractivity contribution in [3.05, 3.63) is 30.1 Å². The van der Waals surface area contributed by atoms with Crippen molar-refractivity contribution in [2.45, 2.75) is 33.7 Å². The predicted molar refractivity (Wildman–Crippen MR) is 114 cm³/mol. The molecule has 0 N–H and O–H groups in total. The van der Waals surface area contributed by atoms with Gasteiger partial charge in [0, 0.05) is 51.4 Å². The van der Waals surface area contributed by atoms with Gasteiger partial charge in [0.05, 0.1) is 17.4 Å². The maximum atomic E-state index is 13.8. The fraction of sp³-hybridized carbons (Fsp3) is 0.600. The molecule has 0 bridgehead atoms. The number of halogens is 2. The largest absolute Gasteiger partial charge is 0.338 e. The Balaban J connectivity index is 1.81. The van der Waals surface area contributed by atoms with Crippen LogP contribution in [0.2, 0.25) is 0 Å². The first-order valence-corrected chi connectivity index (χ1v) is 11.9. The van der Waals surface area contributed by atoms with E-state index in [1.165, 1.54) is 14.9 Å². The van der Waals surface area contributed by atoms with Crippen molar-refractivity contribution in [2.24, 2.45) is 5.92 Å². The average molecular weight is 458 g/mol. The lowest BCUT2D eigenvalue weighted by atomic mass is 10.0. The van der Waals surface area contributed by atoms with E-state index in [1.54, 1.807) is 23.3 Å². The minimum atomic E-state index is -3.55. The van der Waals surface area contributed by atoms with Gasteiger partial charge in [-0.3, -0.25) is 4.79 Å². The second-order valence-corrected chi connectivity index (χ2v) is 9.84. The minimum absolute atomic E-state index is 0.143. The number of aromatic nitrogens is 2. The highest BCUT2D eigenvalue weighted by molar-refractivity contribution is 7.86. The summed E-state index contributed by atoms with van der Waals surface area (Å²) in [5.74, 6) is -2.33. The third kappa shape index (κ3) is 4.44. The van der Waals surface area contributed by atoms with Crippen molar-refractivity contribution in [1.29, 1.82) is 0 Å². The quantitative estimate of drug-likeness (QED) is 0.639. The van der Waals surface area contributed by atoms with Gasteiger partial charge in [-0.2, -0.15) is 17.0 Å². The van der Waals surface area contributed by atoms with Crippen LogP contribution < -0.4 is 0 Å². The van der Waals surface area contributed by atoms with Crippen LogP contribution in [-0.4, -0.2) is 76.7 Å². The van der Waals surface area contributed by atoms with Gasteiger partial charge in [0.1, 0.15) is 6.04 Å². The molecule has 1 aromatic heterocycles. The van der Waals surface area contributed by atoms with Crippen LogP contribution in [0.25, 0.3) is 11.0 Å². The van der Waals surface area contributed by atoms with Crippen molar-refractivity contribution in [3.63, 3.8) is 0 Å². The summed E-state index contributed by atoms with van der Waals surface area (Å²) in [7, 11) is -3.55. The lowest BCUT2D eigenvalue weighted by molar-refractivity contribution is -0.137. The van der Waals surface area contributed by atoms with E-state index < -0.39 is 27.9 Å². The summed E-state index contributed by atoms with van der Waals surface area (Å²) >= 11 is 0. The van der Waals surface area contributed by atoms with Crippen LogP contribution in [-0.2, 0) is 15.0 Å². The Morgan fingerprint density at radius 2 is 1.68 bits per heavy atom. The molecular weight excluding hydrogens is 428 g/mol. The zero-order valence-electron chi connectivity index (χ0n) is 18.3. The summed E-state index contributed by atoms with van der Waals surface area (Å²) in [5, 5.41) is 0. The molecule has 11 heteroatoms. The topological polar surface area (TPSA) is 78.8 Å². The molecule has 0 saturated carbocycles. The van der Waals surface area contributed by atoms with Crippen LogP contribution in [0.3, 0.4) is 0 Å². The standard InChI is InChI=1S/C20H29F2N5O3S/c1-5-25(6-2)31(29,30)26-9-7-24(8-10-26)20(28)19(14(3)4)27-13-23-17-11-15(21)16(22)12-18(17)27/h11-14,19H,5-10H2,1-4H3. The van der Waals surface area contributed by atoms with Gasteiger partial charge in [-0.25, -0.2) is 13.8 Å². The van der Waals surface area contributed by atoms with Crippen molar-refractivity contribution in [1.82, 2.24) is 23.1 Å². The third-order valence-electron chi connectivity index (χ3n) is 5.71. The van der Waals surface area contributed by atoms with E-state index >= 15 is 0 Å². The van der Waals surface area contributed by atoms with E-state index in [0.29, 0.717) is 18.6 Å². The number of benzene rings is 1. The highest BCUT2D eigenvalue weighted by Crippen LogP contribution is 2.27. The molecule has 0 spiro atoms. The van der Waals surface area contributed by atoms with Crippen molar-refractivity contribution >= 4 is 27.1 Å². The van der Waals surface area contributed by atoms with Gasteiger partial charge in [0.15, 0.2) is 11.6 Å². The molecular formula is C20H29F2N5O3S. The van der Waals surface area contributed by atoms with Gasteiger partial charge in [-0.05, 0) is 5.92 Å². The lowest BCUT2D eigenvalue weighted by Crippen LogP contribution is -2.55. The first-order chi connectivity index (χ1) is 14.6. The number of rotatable bonds is 7. The average Bonchev–Trinajstić information content (AvgIpc) is 3.11. The molecule has 1 aromatic carbocycles. The Labute approximate surface area is 181 Å². The molecule has 1 atom stereocenters. The van der Waals surface area contributed by atoms with Crippen LogP contribution in [0.4, 0.5) is 8.78 Å². The second-order valence-electron chi connectivity index (χ2n) is 7.91. The number of amides is 1. The van der Waals surface area contributed by atoms with Gasteiger partial charge in [0.25, 0.3) is 10.2 Å². The molecule has 0 radical (unpaired) electrons. The monoisotopic (exact) mass is 457 g/mol. The molecule has 1 saturated heterocycles. The first-order valence-electron chi connectivity index (χ1n) is 10.5. The van der Waals surface area contributed by atoms with Gasteiger partial charge in [-0.15, -0.1) is 0 Å². The molecule has 3 rings (SSSR count). The Kier molecular flexibility index (Phi) is 6.97. The summed E-state index contributed by atoms with van der Waals surface area (Å²) in [5.41, 5.74) is 0.612. The zero-order chi connectivity index (χ0) is 22.9. The lowest BCUT2D eigenvalue weighted by Gasteiger charge is -2.38. The van der Waals surface area contributed by atoms with Gasteiger partial charge in [-0.1, -0.05) is 27.7 Å². The molecule has 8 nitrogen and oxygen atoms in total. The molecule has 1 aliphatic rings. The molecule has 31 heavy (non-hydrogen) atoms. The van der Waals surface area contributed by atoms with Crippen molar-refractivity contribution in [3.8, 4) is 0 Å². The number of hydrogen-bond acceptors (Lipinski definition) is 4. The third-order valence-corrected chi connectivity index (χ3v) is 7.90. The maximum absolute atomic E-state index is 13.8. The van der Waals surface area contributed by atoms with Gasteiger partial charge >= 0.3 is 0 Å². The van der Waals surface area contributed by atoms with Gasteiger partial charge < -0.3 is 9.47 Å². The summed E-state index contributed by atoms with van der Waals surface area (Å²) in [6.07, 6.45) is 1.42. The van der Waals surface area contributed by atoms with E-state index in [-0.39, 0.29) is 43.5 Å². The Bertz CT molecular complexity index is 1040. The van der Waals surface area contributed by atoms with E-state index in [4.69, 9.17) is 0 Å². The van der Waals surface area contributed by atoms with Crippen LogP contribution in [0.5, 0.6) is 0 Å². The van der Waals surface area contributed by atoms with Crippen molar-refractivity contribution < 1.29 is 22.0 Å². The molecule has 1 aliphatic heterocycles. The van der Waals surface area contributed by atoms with Crippen LogP contribution >= 0.6 is 0 Å². The van der Waals surface area contributed by atoms with Gasteiger partial charge in [0.2, 0.25) is 5.91 Å². The zero-order valence-corrected chi connectivity index (χ0v) is 19.1. The van der Waals surface area contributed by atoms with Crippen LogP contribution in [0.15, 0.2) is 18.5 Å². The number of fused-ring (bicyclic) bond motifs is 1. The predicted octanol–water partition coefficient (Wildman–Crippen LogP) is 2.24. The molecule has 1 unspecified atom stereocenters. The van der Waals surface area contributed by atoms with Crippen LogP contribution in [0, 0.1) is 17.6 Å². The summed E-state index contributed by atoms with van der Waals surface area (Å²) < 4.78 is 57.2. The number of imidazole rings is 1. The van der Waals surface area contributed by atoms with E-state index in [1.807, 2.05) is 13.8 Å². The maximum Gasteiger partial charge on any atom is 0.282 e. The number of carbonyl (C=O) groups excluding carboxylic acids is 1. The molecule has 2 aromatic rings. The van der Waals surface area contributed by atoms with Crippen molar-refractivity contribution in [2.75, 3.05) is 39.3 Å². The van der Waals surface area contributed by atoms with E-state index in [2.05, 4.69) is 4.98 Å². The smallest absolute Gasteiger partial charge is 0.282 e. The highest BCUT2D eigenvalue weighted by Gasteiger charge is 2.35. The molecule has 172 valence electrons. The second kappa shape index (κ2) is 9.17. The fourth-order valence-corrected chi connectivity index (χ4v) is 5.61. The number of carbonyl (C=O) groups is 1. The highest BCUT2D eigenvalue weighted by atomic mass is 32.2. The summed E-state index contributed by atoms with van der Waals surface area (Å²) in [6.45, 7) is 9.04. The molecule has 0 aliphatic carbocycles. The SMILES string of the molecule is CCN(CC)S(=O)(=O)N1CCN(C(=O)C(C(C)C)n2cnc3cc(F)c(F)cc32)CC1. The van der Waals surface area contributed by atoms with E-state index in [9.17, 15) is 22.0 Å². The Morgan fingerprint density at radius 3 is 2.23 bits per heavy atom. The Hall–Kier alpha value is -2.11. The first kappa shape index (κ1) is 23.6. The Morgan fingerprint density at radius 1 is 1.10 bits per heavy atom. The summed E-state index contributed by atoms with van der Waals surface area (Å²) in [4.78, 5) is 19.1. The fourth-order valence-electron chi connectivity index (χ4n) is 4.01. The van der Waals surface area contributed by atoms with Crippen LogP contribution in [0.1, 0.15) is 33.7 Å². The normalized spacial score (nSPS) is 17.1. The molecule has 1 fully saturated rings.